The first kappa shape index (κ1) is 20.4. The van der Waals surface area contributed by atoms with E-state index < -0.39 is 0 Å². The fourth-order valence-electron chi connectivity index (χ4n) is 3.21. The number of rotatable bonds is 4. The zero-order valence-corrected chi connectivity index (χ0v) is 17.6. The van der Waals surface area contributed by atoms with Gasteiger partial charge in [-0.3, -0.25) is 4.98 Å². The van der Waals surface area contributed by atoms with Gasteiger partial charge in [-0.1, -0.05) is 67.5 Å². The molecular weight excluding hydrogens is 388 g/mol. The average Bonchev–Trinajstić information content (AvgIpc) is 3.30. The Morgan fingerprint density at radius 2 is 1.48 bits per heavy atom. The van der Waals surface area contributed by atoms with Crippen LogP contribution in [0.1, 0.15) is 31.9 Å². The second-order valence-corrected chi connectivity index (χ2v) is 6.73. The molecule has 4 aromatic rings. The number of benzene rings is 3. The van der Waals surface area contributed by atoms with Crippen molar-refractivity contribution in [2.24, 2.45) is 5.16 Å². The maximum absolute atomic E-state index is 5.88. The van der Waals surface area contributed by atoms with E-state index in [4.69, 9.17) is 14.3 Å². The van der Waals surface area contributed by atoms with Crippen LogP contribution in [0.4, 0.5) is 0 Å². The Bertz CT molecular complexity index is 1160. The molecule has 0 N–H and O–H groups in total. The number of fused-ring (bicyclic) bond motifs is 1. The summed E-state index contributed by atoms with van der Waals surface area (Å²) in [6, 6.07) is 27.4. The predicted octanol–water partition coefficient (Wildman–Crippen LogP) is 6.91. The van der Waals surface area contributed by atoms with Crippen LogP contribution in [-0.4, -0.2) is 10.9 Å². The van der Waals surface area contributed by atoms with E-state index in [1.807, 2.05) is 98.8 Å². The lowest BCUT2D eigenvalue weighted by Gasteiger charge is -2.10. The first-order valence-electron chi connectivity index (χ1n) is 10.4. The van der Waals surface area contributed by atoms with Crippen LogP contribution in [0.25, 0.3) is 10.9 Å². The third kappa shape index (κ3) is 5.01. The highest BCUT2D eigenvalue weighted by Gasteiger charge is 2.24. The van der Waals surface area contributed by atoms with E-state index in [9.17, 15) is 0 Å². The summed E-state index contributed by atoms with van der Waals surface area (Å²) in [5.41, 5.74) is 1.95. The van der Waals surface area contributed by atoms with E-state index in [2.05, 4.69) is 10.1 Å². The fourth-order valence-corrected chi connectivity index (χ4v) is 3.21. The lowest BCUT2D eigenvalue weighted by molar-refractivity contribution is 0.0855. The summed E-state index contributed by atoms with van der Waals surface area (Å²) in [7, 11) is 0. The normalized spacial score (nSPS) is 14.8. The number of hydrogen-bond donors (Lipinski definition) is 0. The van der Waals surface area contributed by atoms with Gasteiger partial charge in [0.05, 0.1) is 18.1 Å². The van der Waals surface area contributed by atoms with Crippen LogP contribution >= 0.6 is 0 Å². The van der Waals surface area contributed by atoms with Crippen molar-refractivity contribution < 1.29 is 14.3 Å². The lowest BCUT2D eigenvalue weighted by Crippen LogP contribution is -2.07. The number of oxime groups is 1. The Morgan fingerprint density at radius 3 is 2.29 bits per heavy atom. The van der Waals surface area contributed by atoms with Crippen LogP contribution in [0, 0.1) is 0 Å². The molecule has 5 heteroatoms. The quantitative estimate of drug-likeness (QED) is 0.365. The van der Waals surface area contributed by atoms with E-state index in [1.165, 1.54) is 0 Å². The molecular formula is C26H24N2O3. The molecule has 1 aliphatic heterocycles. The summed E-state index contributed by atoms with van der Waals surface area (Å²) in [4.78, 5) is 9.98. The van der Waals surface area contributed by atoms with E-state index in [1.54, 1.807) is 6.20 Å². The van der Waals surface area contributed by atoms with Gasteiger partial charge in [-0.05, 0) is 42.0 Å². The molecule has 0 saturated heterocycles. The van der Waals surface area contributed by atoms with Crippen LogP contribution < -0.4 is 9.47 Å². The molecule has 31 heavy (non-hydrogen) atoms. The maximum atomic E-state index is 5.88. The monoisotopic (exact) mass is 412 g/mol. The van der Waals surface area contributed by atoms with E-state index in [0.29, 0.717) is 18.1 Å². The minimum atomic E-state index is -0.177. The zero-order chi connectivity index (χ0) is 21.5. The Kier molecular flexibility index (Phi) is 6.43. The molecule has 5 rings (SSSR count). The second-order valence-electron chi connectivity index (χ2n) is 6.73. The Morgan fingerprint density at radius 1 is 0.774 bits per heavy atom. The second kappa shape index (κ2) is 9.76. The molecule has 0 radical (unpaired) electrons. The molecule has 0 spiro atoms. The van der Waals surface area contributed by atoms with Gasteiger partial charge in [-0.2, -0.15) is 0 Å². The molecule has 0 bridgehead atoms. The van der Waals surface area contributed by atoms with Gasteiger partial charge in [0.2, 0.25) is 5.90 Å². The highest BCUT2D eigenvalue weighted by Crippen LogP contribution is 2.31. The van der Waals surface area contributed by atoms with Crippen molar-refractivity contribution >= 4 is 16.8 Å². The number of para-hydroxylation sites is 2. The Labute approximate surface area is 181 Å². The number of aromatic nitrogens is 1. The van der Waals surface area contributed by atoms with Gasteiger partial charge < -0.3 is 14.3 Å². The van der Waals surface area contributed by atoms with Gasteiger partial charge in [0.1, 0.15) is 17.2 Å². The largest absolute Gasteiger partial charge is 0.457 e. The molecule has 0 saturated carbocycles. The fraction of sp³-hybridized carbons (Fsp3) is 0.154. The van der Waals surface area contributed by atoms with E-state index in [-0.39, 0.29) is 6.10 Å². The van der Waals surface area contributed by atoms with Crippen LogP contribution in [0.2, 0.25) is 0 Å². The van der Waals surface area contributed by atoms with E-state index >= 15 is 0 Å². The molecule has 1 atom stereocenters. The van der Waals surface area contributed by atoms with Crippen LogP contribution in [0.15, 0.2) is 96.3 Å². The predicted molar refractivity (Wildman–Crippen MR) is 123 cm³/mol. The minimum absolute atomic E-state index is 0.177. The molecule has 2 heterocycles. The van der Waals surface area contributed by atoms with Crippen LogP contribution in [0.5, 0.6) is 17.2 Å². The molecule has 1 unspecified atom stereocenters. The highest BCUT2D eigenvalue weighted by molar-refractivity contribution is 5.83. The van der Waals surface area contributed by atoms with Gasteiger partial charge in [0.15, 0.2) is 6.10 Å². The molecule has 156 valence electrons. The van der Waals surface area contributed by atoms with Gasteiger partial charge in [-0.15, -0.1) is 0 Å². The third-order valence-electron chi connectivity index (χ3n) is 4.67. The first-order chi connectivity index (χ1) is 15.3. The lowest BCUT2D eigenvalue weighted by atomic mass is 10.1. The van der Waals surface area contributed by atoms with Crippen molar-refractivity contribution in [2.75, 3.05) is 0 Å². The third-order valence-corrected chi connectivity index (χ3v) is 4.67. The van der Waals surface area contributed by atoms with Crippen molar-refractivity contribution in [3.8, 4) is 17.2 Å². The molecule has 1 aromatic heterocycles. The smallest absolute Gasteiger partial charge is 0.235 e. The number of nitrogens with zero attached hydrogens (tertiary/aromatic N) is 2. The van der Waals surface area contributed by atoms with Crippen molar-refractivity contribution in [1.29, 1.82) is 0 Å². The minimum Gasteiger partial charge on any atom is -0.457 e. The molecule has 0 fully saturated rings. The molecule has 1 aliphatic rings. The molecule has 5 nitrogen and oxygen atoms in total. The summed E-state index contributed by atoms with van der Waals surface area (Å²) in [5, 5.41) is 5.12. The molecule has 0 aliphatic carbocycles. The highest BCUT2D eigenvalue weighted by atomic mass is 16.7. The van der Waals surface area contributed by atoms with Gasteiger partial charge >= 0.3 is 0 Å². The molecule has 3 aromatic carbocycles. The van der Waals surface area contributed by atoms with Crippen molar-refractivity contribution in [2.45, 2.75) is 26.4 Å². The van der Waals surface area contributed by atoms with Crippen LogP contribution in [0.3, 0.4) is 0 Å². The summed E-state index contributed by atoms with van der Waals surface area (Å²) < 4.78 is 11.7. The first-order valence-corrected chi connectivity index (χ1v) is 10.4. The summed E-state index contributed by atoms with van der Waals surface area (Å²) in [6.07, 6.45) is 2.09. The number of hydrogen-bond acceptors (Lipinski definition) is 5. The topological polar surface area (TPSA) is 52.9 Å². The van der Waals surface area contributed by atoms with Crippen molar-refractivity contribution in [3.63, 3.8) is 0 Å². The molecule has 0 amide bonds. The van der Waals surface area contributed by atoms with Gasteiger partial charge in [0.25, 0.3) is 0 Å². The van der Waals surface area contributed by atoms with Crippen molar-refractivity contribution in [1.82, 2.24) is 4.98 Å². The maximum Gasteiger partial charge on any atom is 0.235 e. The summed E-state index contributed by atoms with van der Waals surface area (Å²) in [6.45, 7) is 4.00. The summed E-state index contributed by atoms with van der Waals surface area (Å²) >= 11 is 0. The Hall–Kier alpha value is -3.86. The summed E-state index contributed by atoms with van der Waals surface area (Å²) in [5.74, 6) is 2.77. The van der Waals surface area contributed by atoms with Gasteiger partial charge in [0, 0.05) is 5.39 Å². The number of pyridine rings is 1. The SMILES string of the molecule is CC.c1ccc(Oc2ccc(C3CC(Oc4cnc5ccccc5c4)=NO3)cc2)cc1. The van der Waals surface area contributed by atoms with Crippen LogP contribution in [-0.2, 0) is 4.84 Å². The van der Waals surface area contributed by atoms with Crippen molar-refractivity contribution in [3.05, 3.63) is 96.7 Å². The van der Waals surface area contributed by atoms with E-state index in [0.717, 1.165) is 28.0 Å². The average molecular weight is 412 g/mol. The van der Waals surface area contributed by atoms with Gasteiger partial charge in [-0.25, -0.2) is 0 Å². The standard InChI is InChI=1S/C24H18N2O3.C2H6/c1-2-7-19(8-3-1)27-20-12-10-17(11-13-20)23-15-24(26-29-23)28-21-14-18-6-4-5-9-22(18)25-16-21;1-2/h1-14,16,23H,15H2;1-2H3. The zero-order valence-electron chi connectivity index (χ0n) is 17.6. The Balaban J connectivity index is 0.00000112. The number of ether oxygens (including phenoxy) is 2.